The quantitative estimate of drug-likeness (QED) is 0.230. The van der Waals surface area contributed by atoms with Gasteiger partial charge in [0.15, 0.2) is 0 Å². The van der Waals surface area contributed by atoms with E-state index >= 15 is 0 Å². The Hall–Kier alpha value is -1.20. The maximum Gasteiger partial charge on any atom is 0.0745 e. The van der Waals surface area contributed by atoms with Crippen molar-refractivity contribution in [2.24, 2.45) is 59.2 Å². The molecular weight excluding hydrogens is 689 g/mol. The Morgan fingerprint density at radius 2 is 1.02 bits per heavy atom. The highest BCUT2D eigenvalue weighted by molar-refractivity contribution is 5.18. The second kappa shape index (κ2) is 19.9. The molecule has 0 saturated carbocycles. The second-order valence-corrected chi connectivity index (χ2v) is 19.4. The Labute approximate surface area is 346 Å². The van der Waals surface area contributed by atoms with Gasteiger partial charge >= 0.3 is 0 Å². The molecule has 0 spiro atoms. The van der Waals surface area contributed by atoms with Crippen LogP contribution in [0.5, 0.6) is 0 Å². The lowest BCUT2D eigenvalue weighted by Crippen LogP contribution is -2.40. The summed E-state index contributed by atoms with van der Waals surface area (Å²) in [6.07, 6.45) is 31.3. The molecule has 4 nitrogen and oxygen atoms in total. The standard InChI is InChI=1S/4C13H22O/c2*1-4-13(5-2)12-8-6-7-10(3)11(12)9-14-13;2*1-4-13(5-2)12-10(3)7-6-8-11(12)9-14-13/h7,11-12H,4-6,8-9H2,1-3H3;6-7,10-12H,4-5,8-9H2,1-3H3;7,11-12H,4-6,8-9H2,1-3H3;6-7,10-12H,4-5,8-9H2,1-3H3. The van der Waals surface area contributed by atoms with Gasteiger partial charge in [0.25, 0.3) is 0 Å². The summed E-state index contributed by atoms with van der Waals surface area (Å²) in [5.74, 6) is 7.57. The second-order valence-electron chi connectivity index (χ2n) is 19.4. The maximum absolute atomic E-state index is 6.12. The van der Waals surface area contributed by atoms with Gasteiger partial charge in [-0.05, 0) is 151 Å². The molecule has 0 aromatic heterocycles. The molecule has 8 rings (SSSR count). The molecule has 4 heteroatoms. The van der Waals surface area contributed by atoms with Gasteiger partial charge < -0.3 is 18.9 Å². The Balaban J connectivity index is 0.000000143. The fourth-order valence-corrected chi connectivity index (χ4v) is 13.7. The molecule has 4 aliphatic heterocycles. The number of allylic oxidation sites excluding steroid dienone is 6. The van der Waals surface area contributed by atoms with Gasteiger partial charge in [0.2, 0.25) is 0 Å². The molecule has 8 aliphatic rings. The fourth-order valence-electron chi connectivity index (χ4n) is 13.7. The van der Waals surface area contributed by atoms with Crippen LogP contribution in [0.4, 0.5) is 0 Å². The Bertz CT molecular complexity index is 1330. The van der Waals surface area contributed by atoms with Crippen LogP contribution in [-0.4, -0.2) is 48.8 Å². The van der Waals surface area contributed by atoms with Crippen molar-refractivity contribution >= 4 is 0 Å². The summed E-state index contributed by atoms with van der Waals surface area (Å²) in [7, 11) is 0. The van der Waals surface area contributed by atoms with Crippen LogP contribution in [0.15, 0.2) is 47.6 Å². The van der Waals surface area contributed by atoms with E-state index in [0.29, 0.717) is 17.8 Å². The lowest BCUT2D eigenvalue weighted by atomic mass is 9.68. The Morgan fingerprint density at radius 1 is 0.518 bits per heavy atom. The van der Waals surface area contributed by atoms with Crippen LogP contribution >= 0.6 is 0 Å². The molecule has 0 radical (unpaired) electrons. The minimum Gasteiger partial charge on any atom is -0.374 e. The van der Waals surface area contributed by atoms with Crippen molar-refractivity contribution in [3.63, 3.8) is 0 Å². The van der Waals surface area contributed by atoms with Crippen molar-refractivity contribution in [1.82, 2.24) is 0 Å². The molecule has 4 fully saturated rings. The van der Waals surface area contributed by atoms with E-state index in [1.165, 1.54) is 77.0 Å². The van der Waals surface area contributed by atoms with Crippen molar-refractivity contribution in [1.29, 1.82) is 0 Å². The summed E-state index contributed by atoms with van der Waals surface area (Å²) in [5, 5.41) is 0. The normalized spacial score (nSPS) is 37.5. The van der Waals surface area contributed by atoms with Gasteiger partial charge in [-0.3, -0.25) is 0 Å². The minimum atomic E-state index is 0.172. The van der Waals surface area contributed by atoms with Crippen LogP contribution in [0, 0.1) is 59.2 Å². The van der Waals surface area contributed by atoms with Crippen LogP contribution in [0.1, 0.15) is 173 Å². The largest absolute Gasteiger partial charge is 0.374 e. The predicted molar refractivity (Wildman–Crippen MR) is 237 cm³/mol. The zero-order valence-corrected chi connectivity index (χ0v) is 38.6. The number of ether oxygens (including phenoxy) is 4. The van der Waals surface area contributed by atoms with E-state index < -0.39 is 0 Å². The first-order chi connectivity index (χ1) is 26.9. The summed E-state index contributed by atoms with van der Waals surface area (Å²) in [5.41, 5.74) is 3.93. The lowest BCUT2D eigenvalue weighted by Gasteiger charge is -2.38. The fraction of sp³-hybridized carbons (Fsp3) is 0.846. The Morgan fingerprint density at radius 3 is 1.66 bits per heavy atom. The number of hydrogen-bond acceptors (Lipinski definition) is 4. The molecule has 4 aliphatic carbocycles. The highest BCUT2D eigenvalue weighted by Crippen LogP contribution is 2.52. The predicted octanol–water partition coefficient (Wildman–Crippen LogP) is 13.9. The smallest absolute Gasteiger partial charge is 0.0745 e. The summed E-state index contributed by atoms with van der Waals surface area (Å²) >= 11 is 0. The lowest BCUT2D eigenvalue weighted by molar-refractivity contribution is -0.0362. The van der Waals surface area contributed by atoms with Gasteiger partial charge in [0.05, 0.1) is 48.8 Å². The molecule has 0 N–H and O–H groups in total. The Kier molecular flexibility index (Phi) is 16.3. The molecule has 320 valence electrons. The number of hydrogen-bond donors (Lipinski definition) is 0. The van der Waals surface area contributed by atoms with Crippen LogP contribution in [0.25, 0.3) is 0 Å². The van der Waals surface area contributed by atoms with E-state index in [0.717, 1.165) is 80.7 Å². The molecule has 0 aromatic rings. The summed E-state index contributed by atoms with van der Waals surface area (Å²) < 4.78 is 24.5. The number of fused-ring (bicyclic) bond motifs is 4. The van der Waals surface area contributed by atoms with Gasteiger partial charge in [-0.1, -0.05) is 117 Å². The zero-order chi connectivity index (χ0) is 40.7. The van der Waals surface area contributed by atoms with Crippen molar-refractivity contribution in [3.05, 3.63) is 47.6 Å². The van der Waals surface area contributed by atoms with Gasteiger partial charge in [0, 0.05) is 11.8 Å². The summed E-state index contributed by atoms with van der Waals surface area (Å²) in [6, 6.07) is 0. The zero-order valence-electron chi connectivity index (χ0n) is 38.6. The molecule has 4 heterocycles. The van der Waals surface area contributed by atoms with Gasteiger partial charge in [-0.15, -0.1) is 0 Å². The van der Waals surface area contributed by atoms with E-state index in [9.17, 15) is 0 Å². The summed E-state index contributed by atoms with van der Waals surface area (Å²) in [6.45, 7) is 31.4. The van der Waals surface area contributed by atoms with E-state index in [1.807, 2.05) is 0 Å². The highest BCUT2D eigenvalue weighted by Gasteiger charge is 2.52. The third-order valence-corrected chi connectivity index (χ3v) is 17.6. The van der Waals surface area contributed by atoms with E-state index in [-0.39, 0.29) is 22.4 Å². The van der Waals surface area contributed by atoms with Gasteiger partial charge in [-0.25, -0.2) is 0 Å². The maximum atomic E-state index is 6.12. The average Bonchev–Trinajstić information content (AvgIpc) is 4.01. The van der Waals surface area contributed by atoms with E-state index in [4.69, 9.17) is 18.9 Å². The van der Waals surface area contributed by atoms with Crippen LogP contribution < -0.4 is 0 Å². The van der Waals surface area contributed by atoms with Crippen LogP contribution in [0.2, 0.25) is 0 Å². The molecule has 56 heavy (non-hydrogen) atoms. The first-order valence-electron chi connectivity index (χ1n) is 24.2. The van der Waals surface area contributed by atoms with E-state index in [2.05, 4.69) is 120 Å². The topological polar surface area (TPSA) is 36.9 Å². The van der Waals surface area contributed by atoms with Crippen molar-refractivity contribution in [2.75, 3.05) is 26.4 Å². The van der Waals surface area contributed by atoms with Crippen molar-refractivity contribution in [2.45, 2.75) is 195 Å². The van der Waals surface area contributed by atoms with Crippen LogP contribution in [-0.2, 0) is 18.9 Å². The molecular formula is C52H88O4. The molecule has 4 saturated heterocycles. The minimum absolute atomic E-state index is 0.172. The molecule has 10 atom stereocenters. The monoisotopic (exact) mass is 777 g/mol. The molecule has 10 unspecified atom stereocenters. The number of rotatable bonds is 8. The molecule has 0 bridgehead atoms. The van der Waals surface area contributed by atoms with Crippen molar-refractivity contribution in [3.8, 4) is 0 Å². The van der Waals surface area contributed by atoms with Gasteiger partial charge in [-0.2, -0.15) is 0 Å². The van der Waals surface area contributed by atoms with Crippen molar-refractivity contribution < 1.29 is 18.9 Å². The average molecular weight is 777 g/mol. The van der Waals surface area contributed by atoms with E-state index in [1.54, 1.807) is 11.1 Å². The summed E-state index contributed by atoms with van der Waals surface area (Å²) in [4.78, 5) is 0. The van der Waals surface area contributed by atoms with Gasteiger partial charge in [0.1, 0.15) is 0 Å². The molecule has 0 amide bonds. The molecule has 0 aromatic carbocycles. The first kappa shape index (κ1) is 45.9. The highest BCUT2D eigenvalue weighted by atomic mass is 16.5. The SMILES string of the molecule is CCC1(CC)OCC2C(C)=CCCC21.CCC1(CC)OCC2C(C)C=CCC21.CCC1(CC)OCC2CC=CC(C)C21.CCC1(CC)OCC2CCC=C(C)C21. The third-order valence-electron chi connectivity index (χ3n) is 17.6. The van der Waals surface area contributed by atoms with Crippen LogP contribution in [0.3, 0.4) is 0 Å². The third kappa shape index (κ3) is 8.81. The first-order valence-corrected chi connectivity index (χ1v) is 24.2.